The number of oxazole rings is 1. The number of amides is 1. The number of aromatic nitrogens is 1. The Balaban J connectivity index is 2.28. The number of carboxylic acids is 1. The molecule has 0 aliphatic carbocycles. The second-order valence-electron chi connectivity index (χ2n) is 3.24. The van der Waals surface area contributed by atoms with Crippen LogP contribution in [0.4, 0.5) is 0 Å². The molecule has 0 saturated heterocycles. The third-order valence-electron chi connectivity index (χ3n) is 1.95. The molecule has 1 rings (SSSR count). The van der Waals surface area contributed by atoms with Crippen LogP contribution in [0.15, 0.2) is 10.6 Å². The minimum Gasteiger partial charge on any atom is -0.481 e. The number of nitrogens with zero attached hydrogens (tertiary/aromatic N) is 1. The lowest BCUT2D eigenvalue weighted by atomic mass is 10.3. The van der Waals surface area contributed by atoms with Gasteiger partial charge in [-0.05, 0) is 0 Å². The molecule has 0 saturated carbocycles. The van der Waals surface area contributed by atoms with Crippen molar-refractivity contribution in [3.8, 4) is 0 Å². The molecule has 0 aliphatic rings. The number of carbonyl (C=O) groups excluding carboxylic acids is 1. The maximum atomic E-state index is 11.2. The van der Waals surface area contributed by atoms with Gasteiger partial charge in [0.25, 0.3) is 0 Å². The molecule has 0 unspecified atom stereocenters. The number of carboxylic acid groups (broad SMARTS) is 1. The average Bonchev–Trinajstić information content (AvgIpc) is 2.71. The summed E-state index contributed by atoms with van der Waals surface area (Å²) in [7, 11) is 0. The van der Waals surface area contributed by atoms with E-state index in [-0.39, 0.29) is 25.3 Å². The lowest BCUT2D eigenvalue weighted by Gasteiger charge is -2.00. The third kappa shape index (κ3) is 4.12. The van der Waals surface area contributed by atoms with Gasteiger partial charge in [0.05, 0.1) is 19.2 Å². The van der Waals surface area contributed by atoms with Crippen LogP contribution in [0, 0.1) is 0 Å². The molecule has 0 radical (unpaired) electrons. The summed E-state index contributed by atoms with van der Waals surface area (Å²) in [6, 6.07) is 0. The highest BCUT2D eigenvalue weighted by Gasteiger charge is 2.07. The molecule has 6 nitrogen and oxygen atoms in total. The topological polar surface area (TPSA) is 92.4 Å². The van der Waals surface area contributed by atoms with Crippen LogP contribution in [-0.2, 0) is 22.6 Å². The Bertz CT molecular complexity index is 373. The Morgan fingerprint density at radius 2 is 2.25 bits per heavy atom. The van der Waals surface area contributed by atoms with Crippen LogP contribution in [0.2, 0.25) is 0 Å². The standard InChI is InChI=1S/C10H14N2O4/c1-2-7-5-12-9(16-7)6-11-8(13)3-4-10(14)15/h5H,2-4,6H2,1H3,(H,11,13)(H,14,15). The first kappa shape index (κ1) is 12.2. The number of carbonyl (C=O) groups is 2. The van der Waals surface area contributed by atoms with Gasteiger partial charge in [-0.15, -0.1) is 0 Å². The van der Waals surface area contributed by atoms with Crippen molar-refractivity contribution < 1.29 is 19.1 Å². The van der Waals surface area contributed by atoms with E-state index in [1.54, 1.807) is 6.20 Å². The van der Waals surface area contributed by atoms with Gasteiger partial charge in [-0.3, -0.25) is 9.59 Å². The number of hydrogen-bond donors (Lipinski definition) is 2. The third-order valence-corrected chi connectivity index (χ3v) is 1.95. The molecule has 0 aromatic carbocycles. The lowest BCUT2D eigenvalue weighted by Crippen LogP contribution is -2.23. The van der Waals surface area contributed by atoms with Crippen LogP contribution in [0.1, 0.15) is 31.4 Å². The fourth-order valence-corrected chi connectivity index (χ4v) is 1.08. The molecule has 1 heterocycles. The highest BCUT2D eigenvalue weighted by molar-refractivity contribution is 5.80. The molecule has 0 aliphatic heterocycles. The molecule has 16 heavy (non-hydrogen) atoms. The van der Waals surface area contributed by atoms with Crippen LogP contribution in [0.5, 0.6) is 0 Å². The first-order chi connectivity index (χ1) is 7.61. The summed E-state index contributed by atoms with van der Waals surface area (Å²) in [5.74, 6) is -0.117. The molecule has 2 N–H and O–H groups in total. The number of aliphatic carboxylic acids is 1. The molecule has 0 bridgehead atoms. The molecular weight excluding hydrogens is 212 g/mol. The SMILES string of the molecule is CCc1cnc(CNC(=O)CCC(=O)O)o1. The summed E-state index contributed by atoms with van der Waals surface area (Å²) in [5.41, 5.74) is 0. The Labute approximate surface area is 92.7 Å². The fourth-order valence-electron chi connectivity index (χ4n) is 1.08. The first-order valence-electron chi connectivity index (χ1n) is 5.04. The van der Waals surface area contributed by atoms with Crippen molar-refractivity contribution in [1.29, 1.82) is 0 Å². The van der Waals surface area contributed by atoms with Crippen LogP contribution >= 0.6 is 0 Å². The van der Waals surface area contributed by atoms with Gasteiger partial charge in [0, 0.05) is 12.8 Å². The van der Waals surface area contributed by atoms with Gasteiger partial charge in [-0.1, -0.05) is 6.92 Å². The van der Waals surface area contributed by atoms with Crippen LogP contribution in [0.3, 0.4) is 0 Å². The van der Waals surface area contributed by atoms with E-state index in [2.05, 4.69) is 10.3 Å². The van der Waals surface area contributed by atoms with E-state index < -0.39 is 5.97 Å². The van der Waals surface area contributed by atoms with E-state index in [0.29, 0.717) is 5.89 Å². The summed E-state index contributed by atoms with van der Waals surface area (Å²) in [5, 5.41) is 10.9. The molecule has 0 spiro atoms. The first-order valence-corrected chi connectivity index (χ1v) is 5.04. The monoisotopic (exact) mass is 226 g/mol. The predicted octanol–water partition coefficient (Wildman–Crippen LogP) is 0.718. The Morgan fingerprint density at radius 3 is 2.81 bits per heavy atom. The fraction of sp³-hybridized carbons (Fsp3) is 0.500. The van der Waals surface area contributed by atoms with E-state index in [1.807, 2.05) is 6.92 Å². The molecule has 1 aromatic rings. The van der Waals surface area contributed by atoms with Gasteiger partial charge < -0.3 is 14.8 Å². The molecule has 1 aromatic heterocycles. The van der Waals surface area contributed by atoms with Crippen molar-refractivity contribution in [3.63, 3.8) is 0 Å². The summed E-state index contributed by atoms with van der Waals surface area (Å²) < 4.78 is 5.27. The van der Waals surface area contributed by atoms with Gasteiger partial charge in [-0.2, -0.15) is 0 Å². The number of rotatable bonds is 6. The molecule has 6 heteroatoms. The van der Waals surface area contributed by atoms with E-state index >= 15 is 0 Å². The summed E-state index contributed by atoms with van der Waals surface area (Å²) in [4.78, 5) is 25.3. The van der Waals surface area contributed by atoms with Crippen LogP contribution < -0.4 is 5.32 Å². The zero-order valence-corrected chi connectivity index (χ0v) is 9.02. The normalized spacial score (nSPS) is 10.1. The maximum Gasteiger partial charge on any atom is 0.303 e. The van der Waals surface area contributed by atoms with Gasteiger partial charge in [0.15, 0.2) is 0 Å². The number of aryl methyl sites for hydroxylation is 1. The largest absolute Gasteiger partial charge is 0.481 e. The second kappa shape index (κ2) is 5.89. The Kier molecular flexibility index (Phi) is 4.50. The van der Waals surface area contributed by atoms with E-state index in [0.717, 1.165) is 12.2 Å². The van der Waals surface area contributed by atoms with E-state index in [9.17, 15) is 9.59 Å². The average molecular weight is 226 g/mol. The van der Waals surface area contributed by atoms with Gasteiger partial charge in [-0.25, -0.2) is 4.98 Å². The van der Waals surface area contributed by atoms with E-state index in [4.69, 9.17) is 9.52 Å². The Hall–Kier alpha value is -1.85. The zero-order chi connectivity index (χ0) is 12.0. The second-order valence-corrected chi connectivity index (χ2v) is 3.24. The van der Waals surface area contributed by atoms with Crippen LogP contribution in [-0.4, -0.2) is 22.0 Å². The molecule has 88 valence electrons. The lowest BCUT2D eigenvalue weighted by molar-refractivity contribution is -0.138. The van der Waals surface area contributed by atoms with Crippen molar-refractivity contribution in [1.82, 2.24) is 10.3 Å². The van der Waals surface area contributed by atoms with Crippen molar-refractivity contribution in [3.05, 3.63) is 17.8 Å². The highest BCUT2D eigenvalue weighted by atomic mass is 16.4. The van der Waals surface area contributed by atoms with Crippen LogP contribution in [0.25, 0.3) is 0 Å². The van der Waals surface area contributed by atoms with Gasteiger partial charge >= 0.3 is 5.97 Å². The summed E-state index contributed by atoms with van der Waals surface area (Å²) in [6.07, 6.45) is 2.16. The molecular formula is C10H14N2O4. The highest BCUT2D eigenvalue weighted by Crippen LogP contribution is 2.03. The van der Waals surface area contributed by atoms with Crippen molar-refractivity contribution >= 4 is 11.9 Å². The number of hydrogen-bond acceptors (Lipinski definition) is 4. The van der Waals surface area contributed by atoms with Gasteiger partial charge in [0.2, 0.25) is 11.8 Å². The Morgan fingerprint density at radius 1 is 1.50 bits per heavy atom. The van der Waals surface area contributed by atoms with Crippen molar-refractivity contribution in [2.75, 3.05) is 0 Å². The van der Waals surface area contributed by atoms with Gasteiger partial charge in [0.1, 0.15) is 5.76 Å². The minimum absolute atomic E-state index is 0.0311. The molecule has 0 fully saturated rings. The van der Waals surface area contributed by atoms with Crippen molar-refractivity contribution in [2.24, 2.45) is 0 Å². The summed E-state index contributed by atoms with van der Waals surface area (Å²) in [6.45, 7) is 2.13. The summed E-state index contributed by atoms with van der Waals surface area (Å²) >= 11 is 0. The smallest absolute Gasteiger partial charge is 0.303 e. The zero-order valence-electron chi connectivity index (χ0n) is 9.02. The van der Waals surface area contributed by atoms with E-state index in [1.165, 1.54) is 0 Å². The quantitative estimate of drug-likeness (QED) is 0.745. The number of nitrogens with one attached hydrogen (secondary N) is 1. The minimum atomic E-state index is -0.987. The van der Waals surface area contributed by atoms with Crippen molar-refractivity contribution in [2.45, 2.75) is 32.7 Å². The maximum absolute atomic E-state index is 11.2. The predicted molar refractivity (Wildman–Crippen MR) is 54.6 cm³/mol. The molecule has 0 atom stereocenters. The molecule has 1 amide bonds.